The number of hydrogen-bond acceptors (Lipinski definition) is 7. The molecule has 0 amide bonds. The molecule has 176 valence electrons. The van der Waals surface area contributed by atoms with Crippen molar-refractivity contribution >= 4 is 16.5 Å². The number of fused-ring (bicyclic) bond motifs is 3. The summed E-state index contributed by atoms with van der Waals surface area (Å²) in [7, 11) is 5.11. The lowest BCUT2D eigenvalue weighted by atomic mass is 10.1. The van der Waals surface area contributed by atoms with Crippen LogP contribution >= 0.6 is 11.3 Å². The van der Waals surface area contributed by atoms with Gasteiger partial charge in [-0.15, -0.1) is 11.3 Å². The van der Waals surface area contributed by atoms with Crippen LogP contribution < -0.4 is 14.8 Å². The topological polar surface area (TPSA) is 70.4 Å². The van der Waals surface area contributed by atoms with Crippen LogP contribution in [0.1, 0.15) is 34.2 Å². The number of aryl methyl sites for hydroxylation is 1. The zero-order valence-corrected chi connectivity index (χ0v) is 20.4. The Bertz CT molecular complexity index is 1250. The maximum Gasteiger partial charge on any atom is 0.183 e. The van der Waals surface area contributed by atoms with Gasteiger partial charge in [-0.2, -0.15) is 5.10 Å². The first kappa shape index (κ1) is 22.4. The molecule has 1 aliphatic rings. The molecule has 5 rings (SSSR count). The van der Waals surface area contributed by atoms with E-state index in [2.05, 4.69) is 35.8 Å². The second-order valence-electron chi connectivity index (χ2n) is 8.23. The highest BCUT2D eigenvalue weighted by Crippen LogP contribution is 2.41. The van der Waals surface area contributed by atoms with E-state index in [9.17, 15) is 0 Å². The molecule has 1 N–H and O–H groups in total. The number of aromatic nitrogens is 3. The second-order valence-corrected chi connectivity index (χ2v) is 9.31. The van der Waals surface area contributed by atoms with Crippen LogP contribution in [-0.4, -0.2) is 36.1 Å². The van der Waals surface area contributed by atoms with Crippen LogP contribution in [0.25, 0.3) is 11.3 Å². The third kappa shape index (κ3) is 4.64. The van der Waals surface area contributed by atoms with Crippen molar-refractivity contribution in [3.63, 3.8) is 0 Å². The lowest BCUT2D eigenvalue weighted by Crippen LogP contribution is -2.06. The van der Waals surface area contributed by atoms with Gasteiger partial charge in [-0.3, -0.25) is 4.68 Å². The fourth-order valence-electron chi connectivity index (χ4n) is 4.21. The number of nitrogens with one attached hydrogen (secondary N) is 1. The fraction of sp³-hybridized carbons (Fsp3) is 0.308. The molecule has 0 bridgehead atoms. The number of rotatable bonds is 8. The minimum absolute atomic E-state index is 0.0378. The van der Waals surface area contributed by atoms with Gasteiger partial charge in [0.05, 0.1) is 26.5 Å². The maximum absolute atomic E-state index is 5.81. The molecule has 0 spiro atoms. The molecule has 2 aromatic carbocycles. The predicted molar refractivity (Wildman–Crippen MR) is 134 cm³/mol. The van der Waals surface area contributed by atoms with Crippen molar-refractivity contribution in [2.45, 2.75) is 32.0 Å². The lowest BCUT2D eigenvalue weighted by Gasteiger charge is -2.11. The molecule has 1 aliphatic carbocycles. The average Bonchev–Trinajstić information content (AvgIpc) is 3.45. The molecule has 7 nitrogen and oxygen atoms in total. The molecule has 2 heterocycles. The van der Waals surface area contributed by atoms with Gasteiger partial charge in [0.2, 0.25) is 0 Å². The monoisotopic (exact) mass is 476 g/mol. The highest BCUT2D eigenvalue weighted by atomic mass is 32.1. The van der Waals surface area contributed by atoms with E-state index in [4.69, 9.17) is 24.3 Å². The van der Waals surface area contributed by atoms with E-state index < -0.39 is 0 Å². The van der Waals surface area contributed by atoms with Crippen LogP contribution in [0.15, 0.2) is 54.7 Å². The minimum Gasteiger partial charge on any atom is -0.497 e. The van der Waals surface area contributed by atoms with E-state index in [-0.39, 0.29) is 6.10 Å². The van der Waals surface area contributed by atoms with E-state index in [0.29, 0.717) is 13.1 Å². The lowest BCUT2D eigenvalue weighted by molar-refractivity contribution is 0.0931. The van der Waals surface area contributed by atoms with E-state index in [1.165, 1.54) is 10.4 Å². The maximum atomic E-state index is 5.81. The Morgan fingerprint density at radius 1 is 0.971 bits per heavy atom. The first-order valence-corrected chi connectivity index (χ1v) is 12.1. The summed E-state index contributed by atoms with van der Waals surface area (Å²) < 4.78 is 18.3. The van der Waals surface area contributed by atoms with Gasteiger partial charge in [-0.05, 0) is 48.2 Å². The van der Waals surface area contributed by atoms with Crippen LogP contribution in [0.2, 0.25) is 0 Å². The third-order valence-electron chi connectivity index (χ3n) is 6.07. The molecular formula is C26H28N4O3S. The SMILES string of the molecule is COc1ccc(CNc2nc3c(s2)CCC(OC)c2nn(Cc4ccc(OC)cc4)cc2-3)cc1. The number of hydrogen-bond donors (Lipinski definition) is 1. The molecule has 0 saturated carbocycles. The summed E-state index contributed by atoms with van der Waals surface area (Å²) in [6, 6.07) is 16.2. The zero-order valence-electron chi connectivity index (χ0n) is 19.6. The molecule has 8 heteroatoms. The highest BCUT2D eigenvalue weighted by molar-refractivity contribution is 7.16. The Labute approximate surface area is 203 Å². The van der Waals surface area contributed by atoms with E-state index >= 15 is 0 Å². The Hall–Kier alpha value is -3.36. The number of methoxy groups -OCH3 is 3. The van der Waals surface area contributed by atoms with Crippen molar-refractivity contribution in [3.05, 3.63) is 76.4 Å². The fourth-order valence-corrected chi connectivity index (χ4v) is 5.20. The predicted octanol–water partition coefficient (Wildman–Crippen LogP) is 5.32. The van der Waals surface area contributed by atoms with Gasteiger partial charge in [-0.1, -0.05) is 24.3 Å². The van der Waals surface area contributed by atoms with Crippen molar-refractivity contribution in [1.29, 1.82) is 0 Å². The number of benzene rings is 2. The number of anilines is 1. The number of thiazole rings is 1. The first-order chi connectivity index (χ1) is 16.7. The van der Waals surface area contributed by atoms with Crippen LogP contribution in [0.3, 0.4) is 0 Å². The summed E-state index contributed by atoms with van der Waals surface area (Å²) in [5.74, 6) is 1.71. The summed E-state index contributed by atoms with van der Waals surface area (Å²) in [6.45, 7) is 1.39. The van der Waals surface area contributed by atoms with Crippen molar-refractivity contribution in [2.24, 2.45) is 0 Å². The van der Waals surface area contributed by atoms with Crippen molar-refractivity contribution in [2.75, 3.05) is 26.6 Å². The summed E-state index contributed by atoms with van der Waals surface area (Å²) in [5.41, 5.74) is 5.37. The Kier molecular flexibility index (Phi) is 6.51. The molecule has 1 atom stereocenters. The van der Waals surface area contributed by atoms with Gasteiger partial charge in [0.1, 0.15) is 23.3 Å². The Morgan fingerprint density at radius 3 is 2.29 bits per heavy atom. The van der Waals surface area contributed by atoms with Gasteiger partial charge >= 0.3 is 0 Å². The van der Waals surface area contributed by atoms with Crippen molar-refractivity contribution < 1.29 is 14.2 Å². The molecule has 0 aliphatic heterocycles. The van der Waals surface area contributed by atoms with Crippen molar-refractivity contribution in [1.82, 2.24) is 14.8 Å². The normalized spacial score (nSPS) is 14.7. The Morgan fingerprint density at radius 2 is 1.65 bits per heavy atom. The standard InChI is InChI=1S/C26H28N4O3S/c1-31-19-8-4-17(5-9-19)14-27-26-28-25-21-16-30(15-18-6-10-20(32-2)11-7-18)29-24(21)22(33-3)12-13-23(25)34-26/h4-11,16,22H,12-15H2,1-3H3,(H,27,28). The summed E-state index contributed by atoms with van der Waals surface area (Å²) >= 11 is 1.72. The zero-order chi connectivity index (χ0) is 23.5. The van der Waals surface area contributed by atoms with Gasteiger partial charge in [0, 0.05) is 30.3 Å². The average molecular weight is 477 g/mol. The molecule has 0 fully saturated rings. The van der Waals surface area contributed by atoms with Crippen LogP contribution in [0.5, 0.6) is 11.5 Å². The van der Waals surface area contributed by atoms with E-state index in [1.807, 2.05) is 28.9 Å². The number of ether oxygens (including phenoxy) is 3. The first-order valence-electron chi connectivity index (χ1n) is 11.3. The van der Waals surface area contributed by atoms with Crippen LogP contribution in [0.4, 0.5) is 5.13 Å². The quantitative estimate of drug-likeness (QED) is 0.371. The van der Waals surface area contributed by atoms with Crippen molar-refractivity contribution in [3.8, 4) is 22.8 Å². The Balaban J connectivity index is 1.38. The molecule has 1 unspecified atom stereocenters. The molecule has 4 aromatic rings. The molecular weight excluding hydrogens is 448 g/mol. The van der Waals surface area contributed by atoms with Gasteiger partial charge in [0.25, 0.3) is 0 Å². The molecule has 0 saturated heterocycles. The van der Waals surface area contributed by atoms with E-state index in [1.54, 1.807) is 32.7 Å². The minimum atomic E-state index is -0.0378. The smallest absolute Gasteiger partial charge is 0.183 e. The molecule has 2 aromatic heterocycles. The summed E-state index contributed by atoms with van der Waals surface area (Å²) in [4.78, 5) is 6.24. The second kappa shape index (κ2) is 9.87. The highest BCUT2D eigenvalue weighted by Gasteiger charge is 2.28. The summed E-state index contributed by atoms with van der Waals surface area (Å²) in [6.07, 6.45) is 3.87. The largest absolute Gasteiger partial charge is 0.497 e. The third-order valence-corrected chi connectivity index (χ3v) is 7.15. The van der Waals surface area contributed by atoms with Gasteiger partial charge in [0.15, 0.2) is 5.13 Å². The van der Waals surface area contributed by atoms with E-state index in [0.717, 1.165) is 52.0 Å². The van der Waals surface area contributed by atoms with Gasteiger partial charge < -0.3 is 19.5 Å². The van der Waals surface area contributed by atoms with Crippen LogP contribution in [0, 0.1) is 0 Å². The number of nitrogens with zero attached hydrogens (tertiary/aromatic N) is 3. The summed E-state index contributed by atoms with van der Waals surface area (Å²) in [5, 5.41) is 9.32. The molecule has 0 radical (unpaired) electrons. The van der Waals surface area contributed by atoms with Gasteiger partial charge in [-0.25, -0.2) is 4.98 Å². The molecule has 34 heavy (non-hydrogen) atoms. The van der Waals surface area contributed by atoms with Crippen LogP contribution in [-0.2, 0) is 24.2 Å².